The minimum Gasteiger partial charge on any atom is -0.382 e. The van der Waals surface area contributed by atoms with E-state index in [4.69, 9.17) is 5.73 Å². The summed E-state index contributed by atoms with van der Waals surface area (Å²) in [6, 6.07) is 3.37. The van der Waals surface area contributed by atoms with Crippen molar-refractivity contribution in [1.29, 1.82) is 0 Å². The van der Waals surface area contributed by atoms with Gasteiger partial charge in [-0.05, 0) is 24.1 Å². The smallest absolute Gasteiger partial charge is 0.269 e. The second-order valence-corrected chi connectivity index (χ2v) is 3.69. The number of nitrogens with two attached hydrogens (primary N) is 1. The Bertz CT molecular complexity index is 534. The Morgan fingerprint density at radius 2 is 2.41 bits per heavy atom. The molecular weight excluding hydrogens is 218 g/mol. The summed E-state index contributed by atoms with van der Waals surface area (Å²) >= 11 is 0. The fourth-order valence-electron chi connectivity index (χ4n) is 1.42. The zero-order chi connectivity index (χ0) is 12.3. The van der Waals surface area contributed by atoms with E-state index in [0.717, 1.165) is 11.1 Å². The van der Waals surface area contributed by atoms with E-state index in [1.165, 1.54) is 6.07 Å². The van der Waals surface area contributed by atoms with Crippen molar-refractivity contribution in [3.8, 4) is 0 Å². The number of H-pyrrole nitrogens is 1. The van der Waals surface area contributed by atoms with E-state index >= 15 is 0 Å². The predicted octanol–water partition coefficient (Wildman–Crippen LogP) is 0.625. The van der Waals surface area contributed by atoms with Crippen LogP contribution in [0.25, 0.3) is 0 Å². The summed E-state index contributed by atoms with van der Waals surface area (Å²) in [5.74, 6) is 0.0700. The van der Waals surface area contributed by atoms with E-state index in [2.05, 4.69) is 20.5 Å². The first-order chi connectivity index (χ1) is 8.16. The summed E-state index contributed by atoms with van der Waals surface area (Å²) in [5, 5.41) is 9.02. The van der Waals surface area contributed by atoms with Crippen molar-refractivity contribution >= 4 is 11.7 Å². The van der Waals surface area contributed by atoms with Gasteiger partial charge in [-0.2, -0.15) is 5.10 Å². The largest absolute Gasteiger partial charge is 0.382 e. The van der Waals surface area contributed by atoms with Gasteiger partial charge in [0.1, 0.15) is 11.5 Å². The number of nitrogen functional groups attached to an aromatic ring is 1. The van der Waals surface area contributed by atoms with Crippen LogP contribution in [-0.4, -0.2) is 21.1 Å². The maximum absolute atomic E-state index is 11.7. The molecule has 2 rings (SSSR count). The van der Waals surface area contributed by atoms with Crippen molar-refractivity contribution in [2.24, 2.45) is 0 Å². The van der Waals surface area contributed by atoms with Crippen molar-refractivity contribution in [2.45, 2.75) is 13.5 Å². The molecule has 0 aliphatic heterocycles. The van der Waals surface area contributed by atoms with Crippen LogP contribution in [0, 0.1) is 6.92 Å². The number of hydrogen-bond donors (Lipinski definition) is 3. The lowest BCUT2D eigenvalue weighted by atomic mass is 10.1. The summed E-state index contributed by atoms with van der Waals surface area (Å²) in [6.07, 6.45) is 3.46. The molecule has 6 nitrogen and oxygen atoms in total. The van der Waals surface area contributed by atoms with Crippen LogP contribution >= 0.6 is 0 Å². The highest BCUT2D eigenvalue weighted by atomic mass is 16.1. The molecule has 0 atom stereocenters. The van der Waals surface area contributed by atoms with Crippen molar-refractivity contribution in [2.75, 3.05) is 5.73 Å². The molecule has 1 amide bonds. The summed E-state index contributed by atoms with van der Waals surface area (Å²) in [7, 11) is 0. The second kappa shape index (κ2) is 4.65. The predicted molar refractivity (Wildman–Crippen MR) is 63.1 cm³/mol. The van der Waals surface area contributed by atoms with Crippen LogP contribution < -0.4 is 11.1 Å². The number of carbonyl (C=O) groups excluding carboxylic acids is 1. The molecule has 4 N–H and O–H groups in total. The fourth-order valence-corrected chi connectivity index (χ4v) is 1.42. The van der Waals surface area contributed by atoms with E-state index < -0.39 is 0 Å². The molecular formula is C11H13N5O. The number of amides is 1. The van der Waals surface area contributed by atoms with Crippen molar-refractivity contribution in [1.82, 2.24) is 20.5 Å². The third kappa shape index (κ3) is 2.60. The number of hydrogen-bond acceptors (Lipinski definition) is 4. The van der Waals surface area contributed by atoms with Gasteiger partial charge in [-0.15, -0.1) is 0 Å². The number of nitrogens with zero attached hydrogens (tertiary/aromatic N) is 2. The molecule has 0 fully saturated rings. The normalized spacial score (nSPS) is 10.2. The molecule has 2 aromatic heterocycles. The lowest BCUT2D eigenvalue weighted by Crippen LogP contribution is -2.23. The minimum absolute atomic E-state index is 0.231. The van der Waals surface area contributed by atoms with Gasteiger partial charge in [0.05, 0.1) is 0 Å². The topological polar surface area (TPSA) is 96.7 Å². The van der Waals surface area contributed by atoms with Gasteiger partial charge in [-0.1, -0.05) is 0 Å². The number of anilines is 1. The number of carbonyl (C=O) groups is 1. The molecule has 0 aliphatic carbocycles. The van der Waals surface area contributed by atoms with E-state index in [0.29, 0.717) is 18.1 Å². The molecule has 0 aromatic carbocycles. The third-order valence-electron chi connectivity index (χ3n) is 2.42. The Morgan fingerprint density at radius 1 is 1.59 bits per heavy atom. The molecule has 0 saturated carbocycles. The number of aromatic amines is 1. The maximum Gasteiger partial charge on any atom is 0.269 e. The SMILES string of the molecule is Cc1cnccc1CNC(=O)c1cc(N)n[nH]1. The summed E-state index contributed by atoms with van der Waals surface area (Å²) < 4.78 is 0. The summed E-state index contributed by atoms with van der Waals surface area (Å²) in [5.41, 5.74) is 7.84. The zero-order valence-electron chi connectivity index (χ0n) is 9.40. The molecule has 0 aliphatic rings. The Labute approximate surface area is 98.3 Å². The van der Waals surface area contributed by atoms with Crippen LogP contribution in [0.1, 0.15) is 21.6 Å². The van der Waals surface area contributed by atoms with Gasteiger partial charge >= 0.3 is 0 Å². The van der Waals surface area contributed by atoms with Gasteiger partial charge in [0.25, 0.3) is 5.91 Å². The van der Waals surface area contributed by atoms with Crippen LogP contribution in [0.5, 0.6) is 0 Å². The molecule has 0 saturated heterocycles. The molecule has 0 radical (unpaired) electrons. The average Bonchev–Trinajstić information content (AvgIpc) is 2.74. The zero-order valence-corrected chi connectivity index (χ0v) is 9.40. The number of rotatable bonds is 3. The Balaban J connectivity index is 1.99. The van der Waals surface area contributed by atoms with Crippen molar-refractivity contribution in [3.63, 3.8) is 0 Å². The molecule has 0 bridgehead atoms. The average molecular weight is 231 g/mol. The molecule has 6 heteroatoms. The first-order valence-electron chi connectivity index (χ1n) is 5.15. The minimum atomic E-state index is -0.231. The maximum atomic E-state index is 11.7. The first-order valence-corrected chi connectivity index (χ1v) is 5.15. The highest BCUT2D eigenvalue weighted by Gasteiger charge is 2.08. The monoisotopic (exact) mass is 231 g/mol. The van der Waals surface area contributed by atoms with Gasteiger partial charge in [0.15, 0.2) is 0 Å². The molecule has 88 valence electrons. The quantitative estimate of drug-likeness (QED) is 0.721. The van der Waals surface area contributed by atoms with Gasteiger partial charge in [-0.3, -0.25) is 14.9 Å². The Hall–Kier alpha value is -2.37. The van der Waals surface area contributed by atoms with Gasteiger partial charge in [0, 0.05) is 25.0 Å². The fraction of sp³-hybridized carbons (Fsp3) is 0.182. The molecule has 0 unspecified atom stereocenters. The molecule has 2 aromatic rings. The molecule has 2 heterocycles. The van der Waals surface area contributed by atoms with E-state index in [1.54, 1.807) is 12.4 Å². The standard InChI is InChI=1S/C11H13N5O/c1-7-5-13-3-2-8(7)6-14-11(17)9-4-10(12)16-15-9/h2-5H,6H2,1H3,(H,14,17)(H3,12,15,16). The number of pyridine rings is 1. The van der Waals surface area contributed by atoms with Crippen LogP contribution in [0.3, 0.4) is 0 Å². The number of nitrogens with one attached hydrogen (secondary N) is 2. The number of aromatic nitrogens is 3. The van der Waals surface area contributed by atoms with Crippen LogP contribution in [-0.2, 0) is 6.54 Å². The third-order valence-corrected chi connectivity index (χ3v) is 2.42. The van der Waals surface area contributed by atoms with Crippen molar-refractivity contribution in [3.05, 3.63) is 41.3 Å². The van der Waals surface area contributed by atoms with E-state index in [1.807, 2.05) is 13.0 Å². The second-order valence-electron chi connectivity index (χ2n) is 3.69. The van der Waals surface area contributed by atoms with Gasteiger partial charge in [-0.25, -0.2) is 0 Å². The lowest BCUT2D eigenvalue weighted by Gasteiger charge is -2.05. The molecule has 17 heavy (non-hydrogen) atoms. The Morgan fingerprint density at radius 3 is 3.06 bits per heavy atom. The van der Waals surface area contributed by atoms with Gasteiger partial charge < -0.3 is 11.1 Å². The summed E-state index contributed by atoms with van der Waals surface area (Å²) in [4.78, 5) is 15.7. The van der Waals surface area contributed by atoms with Crippen LogP contribution in [0.15, 0.2) is 24.5 Å². The molecule has 0 spiro atoms. The van der Waals surface area contributed by atoms with Crippen molar-refractivity contribution < 1.29 is 4.79 Å². The highest BCUT2D eigenvalue weighted by Crippen LogP contribution is 2.05. The van der Waals surface area contributed by atoms with E-state index in [9.17, 15) is 4.79 Å². The number of aryl methyl sites for hydroxylation is 1. The van der Waals surface area contributed by atoms with Gasteiger partial charge in [0.2, 0.25) is 0 Å². The Kier molecular flexibility index (Phi) is 3.04. The van der Waals surface area contributed by atoms with Crippen LogP contribution in [0.4, 0.5) is 5.82 Å². The highest BCUT2D eigenvalue weighted by molar-refractivity contribution is 5.92. The first kappa shape index (κ1) is 11.1. The summed E-state index contributed by atoms with van der Waals surface area (Å²) in [6.45, 7) is 2.40. The van der Waals surface area contributed by atoms with Crippen LogP contribution in [0.2, 0.25) is 0 Å². The van der Waals surface area contributed by atoms with E-state index in [-0.39, 0.29) is 5.91 Å². The lowest BCUT2D eigenvalue weighted by molar-refractivity contribution is 0.0946.